The van der Waals surface area contributed by atoms with Gasteiger partial charge in [-0.1, -0.05) is 12.1 Å². The van der Waals surface area contributed by atoms with Gasteiger partial charge in [-0.2, -0.15) is 0 Å². The summed E-state index contributed by atoms with van der Waals surface area (Å²) in [4.78, 5) is 26.9. The minimum atomic E-state index is -0.369. The summed E-state index contributed by atoms with van der Waals surface area (Å²) < 4.78 is 5.35. The number of hydrazine groups is 1. The summed E-state index contributed by atoms with van der Waals surface area (Å²) in [6, 6.07) is 7.11. The highest BCUT2D eigenvalue weighted by atomic mass is 32.1. The van der Waals surface area contributed by atoms with E-state index in [0.29, 0.717) is 16.5 Å². The zero-order chi connectivity index (χ0) is 18.2. The summed E-state index contributed by atoms with van der Waals surface area (Å²) in [6.07, 6.45) is 0.969. The van der Waals surface area contributed by atoms with Crippen molar-refractivity contribution in [3.63, 3.8) is 0 Å². The summed E-state index contributed by atoms with van der Waals surface area (Å²) >= 11 is 5.10. The molecule has 1 heterocycles. The number of carbonyl (C=O) groups excluding carboxylic acids is 2. The van der Waals surface area contributed by atoms with E-state index in [0.717, 1.165) is 19.5 Å². The number of carbonyl (C=O) groups is 2. The Hall–Kier alpha value is -2.39. The van der Waals surface area contributed by atoms with Crippen LogP contribution in [-0.2, 0) is 9.59 Å². The Kier molecular flexibility index (Phi) is 6.96. The molecule has 1 aromatic carbocycles. The van der Waals surface area contributed by atoms with Gasteiger partial charge in [-0.05, 0) is 24.4 Å². The quantitative estimate of drug-likeness (QED) is 0.277. The Bertz CT molecular complexity index is 638. The first-order chi connectivity index (χ1) is 12.0. The van der Waals surface area contributed by atoms with E-state index in [1.807, 2.05) is 6.07 Å². The molecular formula is C16H24N5O3S+. The predicted octanol–water partition coefficient (Wildman–Crippen LogP) is -1.56. The summed E-state index contributed by atoms with van der Waals surface area (Å²) in [5.41, 5.74) is 5.73. The Morgan fingerprint density at radius 3 is 2.84 bits per heavy atom. The van der Waals surface area contributed by atoms with Gasteiger partial charge in [-0.25, -0.2) is 0 Å². The highest BCUT2D eigenvalue weighted by Crippen LogP contribution is 2.30. The van der Waals surface area contributed by atoms with Crippen molar-refractivity contribution >= 4 is 34.8 Å². The van der Waals surface area contributed by atoms with Gasteiger partial charge in [0, 0.05) is 13.0 Å². The van der Waals surface area contributed by atoms with Crippen molar-refractivity contribution < 1.29 is 19.2 Å². The van der Waals surface area contributed by atoms with E-state index < -0.39 is 0 Å². The molecule has 1 aromatic rings. The number of rotatable bonds is 6. The maximum absolute atomic E-state index is 12.1. The Morgan fingerprint density at radius 1 is 1.32 bits per heavy atom. The number of para-hydroxylation sites is 2. The first kappa shape index (κ1) is 18.9. The van der Waals surface area contributed by atoms with Crippen LogP contribution >= 0.6 is 12.2 Å². The average Bonchev–Trinajstić information content (AvgIpc) is 2.59. The molecular weight excluding hydrogens is 342 g/mol. The molecule has 25 heavy (non-hydrogen) atoms. The van der Waals surface area contributed by atoms with Gasteiger partial charge in [0.05, 0.1) is 26.3 Å². The van der Waals surface area contributed by atoms with E-state index in [-0.39, 0.29) is 25.0 Å². The first-order valence-corrected chi connectivity index (χ1v) is 8.52. The number of ether oxygens (including phenoxy) is 1. The zero-order valence-corrected chi connectivity index (χ0v) is 15.2. The fourth-order valence-corrected chi connectivity index (χ4v) is 2.48. The summed E-state index contributed by atoms with van der Waals surface area (Å²) in [5, 5.41) is 3.36. The molecule has 0 bridgehead atoms. The third-order valence-corrected chi connectivity index (χ3v) is 3.81. The van der Waals surface area contributed by atoms with Crippen LogP contribution in [-0.4, -0.2) is 57.3 Å². The van der Waals surface area contributed by atoms with Crippen molar-refractivity contribution in [2.24, 2.45) is 0 Å². The van der Waals surface area contributed by atoms with Crippen molar-refractivity contribution in [2.75, 3.05) is 45.2 Å². The second-order valence-electron chi connectivity index (χ2n) is 5.98. The van der Waals surface area contributed by atoms with E-state index in [9.17, 15) is 9.59 Å². The monoisotopic (exact) mass is 366 g/mol. The maximum Gasteiger partial charge on any atom is 0.265 e. The van der Waals surface area contributed by atoms with E-state index in [1.165, 1.54) is 9.80 Å². The summed E-state index contributed by atoms with van der Waals surface area (Å²) in [5.74, 6) is -0.0456. The van der Waals surface area contributed by atoms with Gasteiger partial charge < -0.3 is 15.0 Å². The molecule has 0 saturated heterocycles. The summed E-state index contributed by atoms with van der Waals surface area (Å²) in [7, 11) is 4.17. The number of nitrogens with one attached hydrogen (secondary N) is 4. The fraction of sp³-hybridized carbons (Fsp3) is 0.438. The molecule has 0 fully saturated rings. The fourth-order valence-electron chi connectivity index (χ4n) is 2.32. The lowest BCUT2D eigenvalue weighted by Gasteiger charge is -2.28. The minimum absolute atomic E-state index is 0.0778. The average molecular weight is 366 g/mol. The third kappa shape index (κ3) is 5.87. The normalized spacial score (nSPS) is 13.1. The number of fused-ring (bicyclic) bond motifs is 1. The number of hydrogen-bond acceptors (Lipinski definition) is 4. The van der Waals surface area contributed by atoms with Crippen LogP contribution in [0.1, 0.15) is 6.42 Å². The molecule has 0 atom stereocenters. The molecule has 1 aliphatic heterocycles. The molecule has 0 spiro atoms. The number of nitrogens with zero attached hydrogens (tertiary/aromatic N) is 1. The van der Waals surface area contributed by atoms with Crippen LogP contribution in [0.5, 0.6) is 5.75 Å². The lowest BCUT2D eigenvalue weighted by Crippen LogP contribution is -3.05. The standard InChI is InChI=1S/C16H23N5O3S/c1-20(2)9-5-8-17-16(25)19-18-14(22)10-21-12-6-3-4-7-13(12)24-11-15(21)23/h3-4,6-7H,5,8-11H2,1-2H3,(H,18,22)(H2,17,19,25)/p+1. The minimum Gasteiger partial charge on any atom is -0.482 e. The Labute approximate surface area is 152 Å². The van der Waals surface area contributed by atoms with Gasteiger partial charge in [0.15, 0.2) is 11.7 Å². The molecule has 9 heteroatoms. The highest BCUT2D eigenvalue weighted by molar-refractivity contribution is 7.80. The van der Waals surface area contributed by atoms with Crippen LogP contribution in [0.25, 0.3) is 0 Å². The molecule has 0 aliphatic carbocycles. The largest absolute Gasteiger partial charge is 0.482 e. The number of benzene rings is 1. The van der Waals surface area contributed by atoms with Crippen LogP contribution < -0.4 is 30.7 Å². The maximum atomic E-state index is 12.1. The predicted molar refractivity (Wildman–Crippen MR) is 98.5 cm³/mol. The smallest absolute Gasteiger partial charge is 0.265 e. The zero-order valence-electron chi connectivity index (χ0n) is 14.4. The van der Waals surface area contributed by atoms with Gasteiger partial charge in [0.25, 0.3) is 11.8 Å². The van der Waals surface area contributed by atoms with Gasteiger partial charge in [-0.15, -0.1) is 0 Å². The van der Waals surface area contributed by atoms with Crippen LogP contribution in [0.3, 0.4) is 0 Å². The number of hydrogen-bond donors (Lipinski definition) is 4. The number of quaternary nitrogens is 1. The highest BCUT2D eigenvalue weighted by Gasteiger charge is 2.26. The number of anilines is 1. The van der Waals surface area contributed by atoms with Crippen molar-refractivity contribution in [1.82, 2.24) is 16.2 Å². The van der Waals surface area contributed by atoms with E-state index in [2.05, 4.69) is 30.3 Å². The third-order valence-electron chi connectivity index (χ3n) is 3.56. The summed E-state index contributed by atoms with van der Waals surface area (Å²) in [6.45, 7) is 1.56. The molecule has 8 nitrogen and oxygen atoms in total. The first-order valence-electron chi connectivity index (χ1n) is 8.11. The second kappa shape index (κ2) is 9.19. The molecule has 136 valence electrons. The lowest BCUT2D eigenvalue weighted by molar-refractivity contribution is -0.858. The van der Waals surface area contributed by atoms with Crippen molar-refractivity contribution in [3.05, 3.63) is 24.3 Å². The molecule has 0 aromatic heterocycles. The lowest BCUT2D eigenvalue weighted by atomic mass is 10.2. The molecule has 0 radical (unpaired) electrons. The van der Waals surface area contributed by atoms with Crippen LogP contribution in [0.2, 0.25) is 0 Å². The van der Waals surface area contributed by atoms with Gasteiger partial charge >= 0.3 is 0 Å². The molecule has 4 N–H and O–H groups in total. The molecule has 2 rings (SSSR count). The van der Waals surface area contributed by atoms with Gasteiger partial charge in [-0.3, -0.25) is 25.3 Å². The molecule has 2 amide bonds. The van der Waals surface area contributed by atoms with Crippen LogP contribution in [0.4, 0.5) is 5.69 Å². The van der Waals surface area contributed by atoms with Gasteiger partial charge in [0.2, 0.25) is 0 Å². The van der Waals surface area contributed by atoms with E-state index in [1.54, 1.807) is 18.2 Å². The van der Waals surface area contributed by atoms with E-state index >= 15 is 0 Å². The number of thiocarbonyl (C=S) groups is 1. The molecule has 0 saturated carbocycles. The Morgan fingerprint density at radius 2 is 2.08 bits per heavy atom. The van der Waals surface area contributed by atoms with Crippen molar-refractivity contribution in [2.45, 2.75) is 6.42 Å². The van der Waals surface area contributed by atoms with E-state index in [4.69, 9.17) is 17.0 Å². The second-order valence-corrected chi connectivity index (χ2v) is 6.38. The van der Waals surface area contributed by atoms with Crippen molar-refractivity contribution in [1.29, 1.82) is 0 Å². The van der Waals surface area contributed by atoms with Gasteiger partial charge in [0.1, 0.15) is 12.3 Å². The molecule has 0 unspecified atom stereocenters. The topological polar surface area (TPSA) is 87.1 Å². The van der Waals surface area contributed by atoms with Crippen LogP contribution in [0, 0.1) is 0 Å². The number of amides is 2. The SMILES string of the molecule is C[NH+](C)CCCNC(=S)NNC(=O)CN1C(=O)COc2ccccc21. The molecule has 1 aliphatic rings. The Balaban J connectivity index is 1.77. The van der Waals surface area contributed by atoms with Crippen LogP contribution in [0.15, 0.2) is 24.3 Å². The van der Waals surface area contributed by atoms with Crippen molar-refractivity contribution in [3.8, 4) is 5.75 Å².